The van der Waals surface area contributed by atoms with E-state index >= 15 is 0 Å². The molecule has 174 valence electrons. The molecule has 1 aromatic heterocycles. The summed E-state index contributed by atoms with van der Waals surface area (Å²) in [6.45, 7) is 15.6. The molecule has 31 heavy (non-hydrogen) atoms. The van der Waals surface area contributed by atoms with Crippen molar-refractivity contribution in [3.05, 3.63) is 54.2 Å². The minimum absolute atomic E-state index is 0.0568. The van der Waals surface area contributed by atoms with Crippen molar-refractivity contribution < 1.29 is 8.78 Å². The lowest BCUT2D eigenvalue weighted by molar-refractivity contribution is 0.368. The SMILES string of the molecule is C=CC.CC.CC(C)(C)NSNC1CCC(c2[nH]nc(-c3cccc(F)c3)c2F)CC1. The van der Waals surface area contributed by atoms with Crippen molar-refractivity contribution in [1.29, 1.82) is 0 Å². The molecule has 0 spiro atoms. The van der Waals surface area contributed by atoms with Crippen molar-refractivity contribution in [3.63, 3.8) is 0 Å². The molecule has 0 bridgehead atoms. The summed E-state index contributed by atoms with van der Waals surface area (Å²) in [4.78, 5) is 0. The fourth-order valence-corrected chi connectivity index (χ4v) is 3.97. The summed E-state index contributed by atoms with van der Waals surface area (Å²) in [5.74, 6) is -0.612. The zero-order valence-electron chi connectivity index (χ0n) is 19.7. The third kappa shape index (κ3) is 9.13. The van der Waals surface area contributed by atoms with E-state index in [1.165, 1.54) is 24.3 Å². The Hall–Kier alpha value is -1.70. The maximum Gasteiger partial charge on any atom is 0.172 e. The zero-order chi connectivity index (χ0) is 23.4. The van der Waals surface area contributed by atoms with Crippen molar-refractivity contribution in [3.8, 4) is 11.3 Å². The smallest absolute Gasteiger partial charge is 0.172 e. The van der Waals surface area contributed by atoms with Crippen LogP contribution in [0, 0.1) is 11.6 Å². The summed E-state index contributed by atoms with van der Waals surface area (Å²) in [7, 11) is 0. The molecule has 1 saturated carbocycles. The van der Waals surface area contributed by atoms with Gasteiger partial charge in [0.15, 0.2) is 5.82 Å². The molecule has 1 fully saturated rings. The summed E-state index contributed by atoms with van der Waals surface area (Å²) in [5, 5.41) is 6.96. The van der Waals surface area contributed by atoms with E-state index < -0.39 is 0 Å². The lowest BCUT2D eigenvalue weighted by atomic mass is 9.84. The van der Waals surface area contributed by atoms with E-state index in [0.717, 1.165) is 25.7 Å². The van der Waals surface area contributed by atoms with Gasteiger partial charge in [-0.15, -0.1) is 6.58 Å². The highest BCUT2D eigenvalue weighted by Crippen LogP contribution is 2.36. The number of nitrogens with zero attached hydrogens (tertiary/aromatic N) is 1. The quantitative estimate of drug-likeness (QED) is 0.333. The summed E-state index contributed by atoms with van der Waals surface area (Å²) >= 11 is 1.54. The van der Waals surface area contributed by atoms with E-state index in [2.05, 4.69) is 47.0 Å². The normalized spacial score (nSPS) is 18.3. The first-order valence-electron chi connectivity index (χ1n) is 11.0. The van der Waals surface area contributed by atoms with E-state index in [1.54, 1.807) is 18.2 Å². The van der Waals surface area contributed by atoms with Gasteiger partial charge in [-0.2, -0.15) is 5.10 Å². The van der Waals surface area contributed by atoms with Crippen LogP contribution >= 0.6 is 12.1 Å². The maximum absolute atomic E-state index is 14.8. The summed E-state index contributed by atoms with van der Waals surface area (Å²) in [6.07, 6.45) is 5.51. The van der Waals surface area contributed by atoms with E-state index in [-0.39, 0.29) is 28.8 Å². The van der Waals surface area contributed by atoms with Gasteiger partial charge < -0.3 is 0 Å². The van der Waals surface area contributed by atoms with Gasteiger partial charge in [0.05, 0.1) is 5.69 Å². The third-order valence-electron chi connectivity index (χ3n) is 4.55. The second-order valence-electron chi connectivity index (χ2n) is 8.34. The first-order valence-corrected chi connectivity index (χ1v) is 11.8. The van der Waals surface area contributed by atoms with E-state index in [0.29, 0.717) is 17.3 Å². The van der Waals surface area contributed by atoms with E-state index in [4.69, 9.17) is 0 Å². The van der Waals surface area contributed by atoms with Crippen LogP contribution in [0.25, 0.3) is 11.3 Å². The Bertz CT molecular complexity index is 778. The Morgan fingerprint density at radius 1 is 1.16 bits per heavy atom. The predicted octanol–water partition coefficient (Wildman–Crippen LogP) is 7.14. The van der Waals surface area contributed by atoms with Gasteiger partial charge in [0.25, 0.3) is 0 Å². The van der Waals surface area contributed by atoms with Crippen LogP contribution in [0.5, 0.6) is 0 Å². The number of aromatic nitrogens is 2. The minimum Gasteiger partial charge on any atom is -0.279 e. The summed E-state index contributed by atoms with van der Waals surface area (Å²) < 4.78 is 35.0. The minimum atomic E-state index is -0.389. The first-order chi connectivity index (χ1) is 14.7. The lowest BCUT2D eigenvalue weighted by Crippen LogP contribution is -2.36. The van der Waals surface area contributed by atoms with E-state index in [9.17, 15) is 8.78 Å². The fraction of sp³-hybridized carbons (Fsp3) is 0.542. The largest absolute Gasteiger partial charge is 0.279 e. The van der Waals surface area contributed by atoms with Crippen molar-refractivity contribution in [2.45, 2.75) is 84.7 Å². The molecular weight excluding hydrogens is 414 g/mol. The molecule has 1 heterocycles. The molecule has 0 aliphatic heterocycles. The van der Waals surface area contributed by atoms with Crippen LogP contribution in [0.3, 0.4) is 0 Å². The Kier molecular flexibility index (Phi) is 12.0. The van der Waals surface area contributed by atoms with Gasteiger partial charge in [-0.05, 0) is 65.5 Å². The van der Waals surface area contributed by atoms with Gasteiger partial charge >= 0.3 is 0 Å². The van der Waals surface area contributed by atoms with Gasteiger partial charge in [0, 0.05) is 35.2 Å². The molecule has 0 unspecified atom stereocenters. The van der Waals surface area contributed by atoms with Crippen LogP contribution in [0.1, 0.15) is 78.8 Å². The average molecular weight is 453 g/mol. The van der Waals surface area contributed by atoms with Gasteiger partial charge in [0.1, 0.15) is 11.5 Å². The van der Waals surface area contributed by atoms with Crippen LogP contribution in [-0.4, -0.2) is 21.8 Å². The molecule has 2 aromatic rings. The monoisotopic (exact) mass is 452 g/mol. The maximum atomic E-state index is 14.8. The van der Waals surface area contributed by atoms with Gasteiger partial charge in [-0.3, -0.25) is 5.10 Å². The molecule has 3 N–H and O–H groups in total. The van der Waals surface area contributed by atoms with Gasteiger partial charge in [0.2, 0.25) is 0 Å². The van der Waals surface area contributed by atoms with Crippen molar-refractivity contribution in [2.24, 2.45) is 0 Å². The Morgan fingerprint density at radius 3 is 2.32 bits per heavy atom. The number of aromatic amines is 1. The molecule has 7 heteroatoms. The number of nitrogens with one attached hydrogen (secondary N) is 3. The van der Waals surface area contributed by atoms with Crippen LogP contribution < -0.4 is 9.44 Å². The van der Waals surface area contributed by atoms with Crippen molar-refractivity contribution in [1.82, 2.24) is 19.6 Å². The second-order valence-corrected chi connectivity index (χ2v) is 8.98. The molecule has 3 rings (SSSR count). The molecule has 4 nitrogen and oxygen atoms in total. The molecule has 0 atom stereocenters. The predicted molar refractivity (Wildman–Crippen MR) is 130 cm³/mol. The highest BCUT2D eigenvalue weighted by atomic mass is 32.2. The Morgan fingerprint density at radius 2 is 1.77 bits per heavy atom. The summed E-state index contributed by atoms with van der Waals surface area (Å²) in [5.41, 5.74) is 1.26. The molecule has 1 aromatic carbocycles. The number of hydrogen-bond donors (Lipinski definition) is 3. The van der Waals surface area contributed by atoms with Crippen LogP contribution in [0.15, 0.2) is 36.9 Å². The fourth-order valence-electron chi connectivity index (χ4n) is 3.21. The van der Waals surface area contributed by atoms with Crippen LogP contribution in [-0.2, 0) is 0 Å². The number of rotatable bonds is 5. The number of benzene rings is 1. The Balaban J connectivity index is 0.000000884. The molecule has 0 amide bonds. The topological polar surface area (TPSA) is 52.7 Å². The van der Waals surface area contributed by atoms with Gasteiger partial charge in [-0.25, -0.2) is 18.2 Å². The molecular formula is C24H38F2N4S. The number of hydrogen-bond acceptors (Lipinski definition) is 4. The number of H-pyrrole nitrogens is 1. The number of allylic oxidation sites excluding steroid dienone is 1. The zero-order valence-corrected chi connectivity index (χ0v) is 20.5. The lowest BCUT2D eigenvalue weighted by Gasteiger charge is -2.29. The van der Waals surface area contributed by atoms with Crippen molar-refractivity contribution in [2.75, 3.05) is 0 Å². The van der Waals surface area contributed by atoms with Crippen molar-refractivity contribution >= 4 is 12.1 Å². The standard InChI is InChI=1S/C19H26F2N4S.C3H6.C2H6/c1-19(2,3)25-26-24-15-9-7-12(8-10-15)17-16(21)18(23-22-17)13-5-4-6-14(20)11-13;1-3-2;1-2/h4-6,11-12,15,24-25H,7-10H2,1-3H3,(H,22,23);3H,1H2,2H3;1-2H3. The molecule has 0 saturated heterocycles. The third-order valence-corrected chi connectivity index (χ3v) is 5.71. The molecule has 0 radical (unpaired) electrons. The van der Waals surface area contributed by atoms with Gasteiger partial charge in [-0.1, -0.05) is 32.1 Å². The average Bonchev–Trinajstić information content (AvgIpc) is 3.11. The summed E-state index contributed by atoms with van der Waals surface area (Å²) in [6, 6.07) is 6.31. The Labute approximate surface area is 191 Å². The van der Waals surface area contributed by atoms with Crippen LogP contribution in [0.4, 0.5) is 8.78 Å². The van der Waals surface area contributed by atoms with E-state index in [1.807, 2.05) is 20.8 Å². The second kappa shape index (κ2) is 13.7. The van der Waals surface area contributed by atoms with Crippen LogP contribution in [0.2, 0.25) is 0 Å². The molecule has 1 aliphatic rings. The highest BCUT2D eigenvalue weighted by molar-refractivity contribution is 7.95. The number of halogens is 2. The highest BCUT2D eigenvalue weighted by Gasteiger charge is 2.28. The molecule has 1 aliphatic carbocycles. The first kappa shape index (κ1) is 27.3.